The number of halogens is 3. The smallest absolute Gasteiger partial charge is 0.392 e. The lowest BCUT2D eigenvalue weighted by atomic mass is 10.2. The lowest BCUT2D eigenvalue weighted by Gasteiger charge is -2.23. The standard InChI is InChI=1S/C10H15F3N2O2/c11-10(12,13)6-15-4-2-8(9(15)17)14-3-1-7(16)5-14/h7-8,16H,1-6H2/t7-,8+/m0/s1. The largest absolute Gasteiger partial charge is 0.406 e. The van der Waals surface area contributed by atoms with Gasteiger partial charge in [0.15, 0.2) is 0 Å². The van der Waals surface area contributed by atoms with E-state index in [1.165, 1.54) is 0 Å². The quantitative estimate of drug-likeness (QED) is 0.764. The van der Waals surface area contributed by atoms with Crippen LogP contribution < -0.4 is 0 Å². The summed E-state index contributed by atoms with van der Waals surface area (Å²) in [4.78, 5) is 14.4. The number of aliphatic hydroxyl groups is 1. The minimum atomic E-state index is -4.34. The summed E-state index contributed by atoms with van der Waals surface area (Å²) in [6.45, 7) is -0.0535. The van der Waals surface area contributed by atoms with Crippen LogP contribution in [0, 0.1) is 0 Å². The van der Waals surface area contributed by atoms with Gasteiger partial charge in [-0.05, 0) is 12.8 Å². The van der Waals surface area contributed by atoms with Crippen molar-refractivity contribution in [3.63, 3.8) is 0 Å². The van der Waals surface area contributed by atoms with Gasteiger partial charge >= 0.3 is 6.18 Å². The van der Waals surface area contributed by atoms with E-state index in [1.54, 1.807) is 4.90 Å². The van der Waals surface area contributed by atoms with Crippen LogP contribution in [0.2, 0.25) is 0 Å². The summed E-state index contributed by atoms with van der Waals surface area (Å²) in [7, 11) is 0. The molecule has 17 heavy (non-hydrogen) atoms. The molecule has 1 amide bonds. The van der Waals surface area contributed by atoms with E-state index in [0.717, 1.165) is 4.90 Å². The number of nitrogens with zero attached hydrogens (tertiary/aromatic N) is 2. The van der Waals surface area contributed by atoms with Gasteiger partial charge in [0.05, 0.1) is 12.1 Å². The average molecular weight is 252 g/mol. The first kappa shape index (κ1) is 12.6. The Balaban J connectivity index is 1.93. The number of rotatable bonds is 2. The maximum absolute atomic E-state index is 12.2. The first-order chi connectivity index (χ1) is 7.87. The van der Waals surface area contributed by atoms with Crippen molar-refractivity contribution in [2.24, 2.45) is 0 Å². The van der Waals surface area contributed by atoms with Gasteiger partial charge in [-0.25, -0.2) is 0 Å². The molecule has 0 radical (unpaired) electrons. The Morgan fingerprint density at radius 3 is 2.53 bits per heavy atom. The predicted octanol–water partition coefficient (Wildman–Crippen LogP) is 0.216. The minimum Gasteiger partial charge on any atom is -0.392 e. The molecule has 2 fully saturated rings. The molecule has 2 heterocycles. The third-order valence-electron chi connectivity index (χ3n) is 3.27. The Bertz CT molecular complexity index is 308. The summed E-state index contributed by atoms with van der Waals surface area (Å²) in [5.41, 5.74) is 0. The molecule has 0 unspecified atom stereocenters. The zero-order valence-electron chi connectivity index (χ0n) is 9.28. The van der Waals surface area contributed by atoms with Crippen molar-refractivity contribution in [3.05, 3.63) is 0 Å². The van der Waals surface area contributed by atoms with Crippen LogP contribution in [0.25, 0.3) is 0 Å². The van der Waals surface area contributed by atoms with E-state index < -0.39 is 30.8 Å². The molecule has 0 aliphatic carbocycles. The van der Waals surface area contributed by atoms with Gasteiger partial charge in [-0.1, -0.05) is 0 Å². The van der Waals surface area contributed by atoms with E-state index in [1.807, 2.05) is 0 Å². The van der Waals surface area contributed by atoms with Crippen LogP contribution in [-0.4, -0.2) is 65.3 Å². The topological polar surface area (TPSA) is 43.8 Å². The van der Waals surface area contributed by atoms with Crippen molar-refractivity contribution >= 4 is 5.91 Å². The predicted molar refractivity (Wildman–Crippen MR) is 53.2 cm³/mol. The third kappa shape index (κ3) is 2.90. The molecular formula is C10H15F3N2O2. The SMILES string of the molecule is O=C1[C@H](N2CC[C@H](O)C2)CCN1CC(F)(F)F. The van der Waals surface area contributed by atoms with Crippen LogP contribution in [0.15, 0.2) is 0 Å². The zero-order valence-corrected chi connectivity index (χ0v) is 9.28. The Hall–Kier alpha value is -0.820. The Morgan fingerprint density at radius 2 is 2.00 bits per heavy atom. The van der Waals surface area contributed by atoms with Crippen LogP contribution in [-0.2, 0) is 4.79 Å². The molecule has 0 saturated carbocycles. The molecule has 0 spiro atoms. The first-order valence-electron chi connectivity index (χ1n) is 5.64. The van der Waals surface area contributed by atoms with E-state index in [2.05, 4.69) is 0 Å². The van der Waals surface area contributed by atoms with Gasteiger partial charge in [-0.3, -0.25) is 9.69 Å². The molecular weight excluding hydrogens is 237 g/mol. The second-order valence-corrected chi connectivity index (χ2v) is 4.62. The fraction of sp³-hybridized carbons (Fsp3) is 0.900. The van der Waals surface area contributed by atoms with E-state index in [0.29, 0.717) is 25.9 Å². The molecule has 7 heteroatoms. The number of β-amino-alcohol motifs (C(OH)–C–C–N with tert-alkyl or cyclic N) is 1. The Morgan fingerprint density at radius 1 is 1.29 bits per heavy atom. The second kappa shape index (κ2) is 4.45. The molecule has 4 nitrogen and oxygen atoms in total. The summed E-state index contributed by atoms with van der Waals surface area (Å²) in [6, 6.07) is -0.477. The second-order valence-electron chi connectivity index (χ2n) is 4.62. The van der Waals surface area contributed by atoms with Gasteiger partial charge < -0.3 is 10.0 Å². The number of hydrogen-bond acceptors (Lipinski definition) is 3. The van der Waals surface area contributed by atoms with Crippen molar-refractivity contribution in [2.75, 3.05) is 26.2 Å². The highest BCUT2D eigenvalue weighted by Gasteiger charge is 2.42. The molecule has 0 aromatic heterocycles. The van der Waals surface area contributed by atoms with Gasteiger partial charge in [-0.2, -0.15) is 13.2 Å². The molecule has 2 atom stereocenters. The fourth-order valence-corrected chi connectivity index (χ4v) is 2.49. The van der Waals surface area contributed by atoms with Gasteiger partial charge in [0.2, 0.25) is 5.91 Å². The molecule has 0 aromatic rings. The van der Waals surface area contributed by atoms with Crippen LogP contribution >= 0.6 is 0 Å². The van der Waals surface area contributed by atoms with Gasteiger partial charge in [0, 0.05) is 19.6 Å². The van der Waals surface area contributed by atoms with Crippen LogP contribution in [0.1, 0.15) is 12.8 Å². The van der Waals surface area contributed by atoms with Crippen LogP contribution in [0.5, 0.6) is 0 Å². The summed E-state index contributed by atoms with van der Waals surface area (Å²) in [5, 5.41) is 9.35. The molecule has 2 rings (SSSR count). The number of likely N-dealkylation sites (tertiary alicyclic amines) is 2. The molecule has 1 N–H and O–H groups in total. The minimum absolute atomic E-state index is 0.148. The summed E-state index contributed by atoms with van der Waals surface area (Å²) >= 11 is 0. The van der Waals surface area contributed by atoms with E-state index in [-0.39, 0.29) is 6.54 Å². The van der Waals surface area contributed by atoms with Gasteiger partial charge in [0.25, 0.3) is 0 Å². The fourth-order valence-electron chi connectivity index (χ4n) is 2.49. The van der Waals surface area contributed by atoms with Crippen molar-refractivity contribution in [1.29, 1.82) is 0 Å². The van der Waals surface area contributed by atoms with E-state index in [4.69, 9.17) is 0 Å². The third-order valence-corrected chi connectivity index (χ3v) is 3.27. The highest BCUT2D eigenvalue weighted by molar-refractivity contribution is 5.84. The first-order valence-corrected chi connectivity index (χ1v) is 5.64. The maximum Gasteiger partial charge on any atom is 0.406 e. The van der Waals surface area contributed by atoms with Gasteiger partial charge in [0.1, 0.15) is 6.54 Å². The monoisotopic (exact) mass is 252 g/mol. The average Bonchev–Trinajstić information content (AvgIpc) is 2.73. The maximum atomic E-state index is 12.2. The van der Waals surface area contributed by atoms with Gasteiger partial charge in [-0.15, -0.1) is 0 Å². The molecule has 2 saturated heterocycles. The van der Waals surface area contributed by atoms with E-state index >= 15 is 0 Å². The van der Waals surface area contributed by atoms with Crippen molar-refractivity contribution in [2.45, 2.75) is 31.2 Å². The Kier molecular flexibility index (Phi) is 3.31. The number of carbonyl (C=O) groups is 1. The molecule has 0 aromatic carbocycles. The van der Waals surface area contributed by atoms with E-state index in [9.17, 15) is 23.1 Å². The lowest BCUT2D eigenvalue weighted by Crippen LogP contribution is -2.43. The van der Waals surface area contributed by atoms with Crippen LogP contribution in [0.3, 0.4) is 0 Å². The summed E-state index contributed by atoms with van der Waals surface area (Å²) in [6.07, 6.45) is -3.79. The normalized spacial score (nSPS) is 31.5. The molecule has 2 aliphatic rings. The number of hydrogen-bond donors (Lipinski definition) is 1. The van der Waals surface area contributed by atoms with Crippen molar-refractivity contribution in [1.82, 2.24) is 9.80 Å². The highest BCUT2D eigenvalue weighted by Crippen LogP contribution is 2.25. The lowest BCUT2D eigenvalue weighted by molar-refractivity contribution is -0.159. The van der Waals surface area contributed by atoms with Crippen molar-refractivity contribution < 1.29 is 23.1 Å². The summed E-state index contributed by atoms with van der Waals surface area (Å²) in [5.74, 6) is -0.462. The Labute approximate surface area is 97.0 Å². The van der Waals surface area contributed by atoms with Crippen LogP contribution in [0.4, 0.5) is 13.2 Å². The molecule has 2 aliphatic heterocycles. The number of alkyl halides is 3. The summed E-state index contributed by atoms with van der Waals surface area (Å²) < 4.78 is 36.6. The number of carbonyl (C=O) groups excluding carboxylic acids is 1. The number of aliphatic hydroxyl groups excluding tert-OH is 1. The molecule has 98 valence electrons. The highest BCUT2D eigenvalue weighted by atomic mass is 19.4. The van der Waals surface area contributed by atoms with Crippen molar-refractivity contribution in [3.8, 4) is 0 Å². The number of amides is 1. The zero-order chi connectivity index (χ0) is 12.6. The molecule has 0 bridgehead atoms.